The van der Waals surface area contributed by atoms with Crippen LogP contribution in [0, 0.1) is 0 Å². The van der Waals surface area contributed by atoms with Crippen molar-refractivity contribution in [3.05, 3.63) is 35.9 Å². The van der Waals surface area contributed by atoms with Gasteiger partial charge < -0.3 is 24.1 Å². The van der Waals surface area contributed by atoms with E-state index in [4.69, 9.17) is 18.9 Å². The zero-order chi connectivity index (χ0) is 17.4. The van der Waals surface area contributed by atoms with E-state index in [1.807, 2.05) is 30.3 Å². The summed E-state index contributed by atoms with van der Waals surface area (Å²) >= 11 is 0. The molecule has 0 radical (unpaired) electrons. The fourth-order valence-corrected chi connectivity index (χ4v) is 2.73. The molecule has 1 aliphatic rings. The molecular formula is C17H25NO6. The molecule has 0 aliphatic carbocycles. The highest BCUT2D eigenvalue weighted by atomic mass is 16.6. The van der Waals surface area contributed by atoms with Crippen LogP contribution in [0.4, 0.5) is 4.79 Å². The molecule has 1 aromatic rings. The predicted molar refractivity (Wildman–Crippen MR) is 86.6 cm³/mol. The maximum absolute atomic E-state index is 12.4. The number of amides is 1. The van der Waals surface area contributed by atoms with Crippen molar-refractivity contribution < 1.29 is 28.8 Å². The molecule has 0 spiro atoms. The molecule has 1 N–H and O–H groups in total. The van der Waals surface area contributed by atoms with Crippen molar-refractivity contribution in [3.8, 4) is 0 Å². The van der Waals surface area contributed by atoms with Gasteiger partial charge in [0.25, 0.3) is 0 Å². The fourth-order valence-electron chi connectivity index (χ4n) is 2.73. The van der Waals surface area contributed by atoms with E-state index >= 15 is 0 Å². The topological polar surface area (TPSA) is 77.5 Å². The standard InChI is InChI=1S/C17H25NO6/c1-21-8-9-23-16-14(12-22-2)18(10-15(16)19)17(20)24-11-13-6-4-3-5-7-13/h3-7,14-16,19H,8-12H2,1-2H3/t14-,15-,16+/m1/s1. The maximum atomic E-state index is 12.4. The molecule has 134 valence electrons. The van der Waals surface area contributed by atoms with Crippen LogP contribution in [0.3, 0.4) is 0 Å². The highest BCUT2D eigenvalue weighted by Gasteiger charge is 2.44. The normalized spacial score (nSPS) is 23.5. The van der Waals surface area contributed by atoms with E-state index in [2.05, 4.69) is 0 Å². The van der Waals surface area contributed by atoms with Gasteiger partial charge in [0.1, 0.15) is 12.7 Å². The van der Waals surface area contributed by atoms with E-state index in [0.29, 0.717) is 13.2 Å². The molecule has 7 heteroatoms. The van der Waals surface area contributed by atoms with Gasteiger partial charge in [-0.05, 0) is 5.56 Å². The van der Waals surface area contributed by atoms with Crippen molar-refractivity contribution in [2.24, 2.45) is 0 Å². The summed E-state index contributed by atoms with van der Waals surface area (Å²) in [5.41, 5.74) is 0.904. The summed E-state index contributed by atoms with van der Waals surface area (Å²) in [7, 11) is 3.12. The molecule has 0 unspecified atom stereocenters. The van der Waals surface area contributed by atoms with E-state index in [-0.39, 0.29) is 19.8 Å². The summed E-state index contributed by atoms with van der Waals surface area (Å²) in [5, 5.41) is 10.2. The number of β-amino-alcohol motifs (C(OH)–C–C–N with tert-alkyl or cyclic N) is 1. The lowest BCUT2D eigenvalue weighted by Gasteiger charge is -2.26. The zero-order valence-corrected chi connectivity index (χ0v) is 14.1. The molecule has 3 atom stereocenters. The first kappa shape index (κ1) is 18.7. The van der Waals surface area contributed by atoms with Gasteiger partial charge in [0.15, 0.2) is 0 Å². The van der Waals surface area contributed by atoms with Crippen LogP contribution in [0.2, 0.25) is 0 Å². The Balaban J connectivity index is 1.95. The SMILES string of the molecule is COCCO[C@@H]1[C@H](O)CN(C(=O)OCc2ccccc2)[C@@H]1COC. The Morgan fingerprint density at radius 2 is 1.96 bits per heavy atom. The van der Waals surface area contributed by atoms with E-state index in [9.17, 15) is 9.90 Å². The first-order valence-electron chi connectivity index (χ1n) is 7.92. The summed E-state index contributed by atoms with van der Waals surface area (Å²) in [6, 6.07) is 9.04. The van der Waals surface area contributed by atoms with Gasteiger partial charge in [-0.15, -0.1) is 0 Å². The van der Waals surface area contributed by atoms with Crippen molar-refractivity contribution >= 4 is 6.09 Å². The monoisotopic (exact) mass is 339 g/mol. The van der Waals surface area contributed by atoms with Gasteiger partial charge in [-0.1, -0.05) is 30.3 Å². The molecule has 24 heavy (non-hydrogen) atoms. The van der Waals surface area contributed by atoms with Crippen LogP contribution in [0.25, 0.3) is 0 Å². The summed E-state index contributed by atoms with van der Waals surface area (Å²) in [6.45, 7) is 1.35. The van der Waals surface area contributed by atoms with Crippen molar-refractivity contribution in [2.75, 3.05) is 40.6 Å². The number of rotatable bonds is 8. The molecule has 1 fully saturated rings. The minimum atomic E-state index is -0.786. The molecular weight excluding hydrogens is 314 g/mol. The number of aliphatic hydroxyl groups is 1. The number of ether oxygens (including phenoxy) is 4. The molecule has 0 aromatic heterocycles. The molecule has 1 aliphatic heterocycles. The Labute approximate surface area is 142 Å². The molecule has 1 saturated heterocycles. The third-order valence-corrected chi connectivity index (χ3v) is 3.92. The highest BCUT2D eigenvalue weighted by Crippen LogP contribution is 2.23. The van der Waals surface area contributed by atoms with Gasteiger partial charge >= 0.3 is 6.09 Å². The summed E-state index contributed by atoms with van der Waals surface area (Å²) in [4.78, 5) is 13.8. The van der Waals surface area contributed by atoms with Crippen LogP contribution < -0.4 is 0 Å². The smallest absolute Gasteiger partial charge is 0.410 e. The number of hydrogen-bond acceptors (Lipinski definition) is 6. The Morgan fingerprint density at radius 1 is 1.21 bits per heavy atom. The van der Waals surface area contributed by atoms with E-state index in [1.165, 1.54) is 4.90 Å². The molecule has 1 heterocycles. The molecule has 2 rings (SSSR count). The Bertz CT molecular complexity index is 497. The number of aliphatic hydroxyl groups excluding tert-OH is 1. The van der Waals surface area contributed by atoms with Crippen molar-refractivity contribution in [1.82, 2.24) is 4.90 Å². The summed E-state index contributed by atoms with van der Waals surface area (Å²) in [6.07, 6.45) is -1.80. The average Bonchev–Trinajstić information content (AvgIpc) is 2.91. The van der Waals surface area contributed by atoms with Crippen LogP contribution in [0.5, 0.6) is 0 Å². The number of benzene rings is 1. The first-order valence-corrected chi connectivity index (χ1v) is 7.92. The van der Waals surface area contributed by atoms with Gasteiger partial charge in [0.2, 0.25) is 0 Å². The van der Waals surface area contributed by atoms with Gasteiger partial charge in [-0.25, -0.2) is 4.79 Å². The highest BCUT2D eigenvalue weighted by molar-refractivity contribution is 5.69. The second-order valence-electron chi connectivity index (χ2n) is 5.61. The second-order valence-corrected chi connectivity index (χ2v) is 5.61. The van der Waals surface area contributed by atoms with E-state index < -0.39 is 24.3 Å². The van der Waals surface area contributed by atoms with Crippen molar-refractivity contribution in [1.29, 1.82) is 0 Å². The number of methoxy groups -OCH3 is 2. The Hall–Kier alpha value is -1.67. The molecule has 1 aromatic carbocycles. The third kappa shape index (κ3) is 4.91. The van der Waals surface area contributed by atoms with E-state index in [0.717, 1.165) is 5.56 Å². The molecule has 0 saturated carbocycles. The minimum absolute atomic E-state index is 0.152. The minimum Gasteiger partial charge on any atom is -0.445 e. The zero-order valence-electron chi connectivity index (χ0n) is 14.1. The van der Waals surface area contributed by atoms with Gasteiger partial charge in [-0.2, -0.15) is 0 Å². The number of carbonyl (C=O) groups excluding carboxylic acids is 1. The molecule has 7 nitrogen and oxygen atoms in total. The van der Waals surface area contributed by atoms with Crippen LogP contribution in [0.15, 0.2) is 30.3 Å². The molecule has 0 bridgehead atoms. The largest absolute Gasteiger partial charge is 0.445 e. The van der Waals surface area contributed by atoms with Crippen LogP contribution in [-0.4, -0.2) is 74.9 Å². The predicted octanol–water partition coefficient (Wildman–Crippen LogP) is 1.05. The Kier molecular flexibility index (Phi) is 7.45. The maximum Gasteiger partial charge on any atom is 0.410 e. The van der Waals surface area contributed by atoms with Crippen molar-refractivity contribution in [2.45, 2.75) is 24.9 Å². The van der Waals surface area contributed by atoms with Gasteiger partial charge in [-0.3, -0.25) is 4.90 Å². The number of likely N-dealkylation sites (tertiary alicyclic amines) is 1. The van der Waals surface area contributed by atoms with Gasteiger partial charge in [0, 0.05) is 14.2 Å². The van der Waals surface area contributed by atoms with Crippen LogP contribution in [-0.2, 0) is 25.6 Å². The Morgan fingerprint density at radius 3 is 2.62 bits per heavy atom. The lowest BCUT2D eigenvalue weighted by molar-refractivity contribution is -0.0544. The number of carbonyl (C=O) groups is 1. The van der Waals surface area contributed by atoms with Crippen molar-refractivity contribution in [3.63, 3.8) is 0 Å². The number of hydrogen-bond donors (Lipinski definition) is 1. The van der Waals surface area contributed by atoms with Crippen LogP contribution in [0.1, 0.15) is 5.56 Å². The second kappa shape index (κ2) is 9.58. The fraction of sp³-hybridized carbons (Fsp3) is 0.588. The first-order chi connectivity index (χ1) is 11.7. The molecule has 1 amide bonds. The summed E-state index contributed by atoms with van der Waals surface area (Å²) < 4.78 is 21.1. The average molecular weight is 339 g/mol. The quantitative estimate of drug-likeness (QED) is 0.713. The lowest BCUT2D eigenvalue weighted by Crippen LogP contribution is -2.44. The van der Waals surface area contributed by atoms with Crippen LogP contribution >= 0.6 is 0 Å². The third-order valence-electron chi connectivity index (χ3n) is 3.92. The van der Waals surface area contributed by atoms with E-state index in [1.54, 1.807) is 14.2 Å². The number of nitrogens with zero attached hydrogens (tertiary/aromatic N) is 1. The summed E-state index contributed by atoms with van der Waals surface area (Å²) in [5.74, 6) is 0. The van der Waals surface area contributed by atoms with Gasteiger partial charge in [0.05, 0.1) is 38.5 Å². The lowest BCUT2D eigenvalue weighted by atomic mass is 10.1.